The molecule has 0 N–H and O–H groups in total. The molecule has 0 spiro atoms. The molecule has 0 amide bonds. The van der Waals surface area contributed by atoms with Gasteiger partial charge in [-0.25, -0.2) is 0 Å². The topological polar surface area (TPSA) is 0 Å². The van der Waals surface area contributed by atoms with Crippen LogP contribution < -0.4 is 0 Å². The Bertz CT molecular complexity index is 631. The molecule has 1 aliphatic rings. The summed E-state index contributed by atoms with van der Waals surface area (Å²) < 4.78 is 0. The van der Waals surface area contributed by atoms with Crippen molar-refractivity contribution in [1.82, 2.24) is 0 Å². The van der Waals surface area contributed by atoms with Crippen molar-refractivity contribution < 1.29 is 0 Å². The predicted octanol–water partition coefficient (Wildman–Crippen LogP) is 5.61. The SMILES string of the molecule is C/C=C\[C@@H](C1=CCCC1)c1ccc2ccccc2c1. The van der Waals surface area contributed by atoms with Crippen LogP contribution >= 0.6 is 0 Å². The monoisotopic (exact) mass is 248 g/mol. The maximum Gasteiger partial charge on any atom is 0.0228 e. The Morgan fingerprint density at radius 2 is 1.89 bits per heavy atom. The minimum absolute atomic E-state index is 0.470. The van der Waals surface area contributed by atoms with E-state index in [-0.39, 0.29) is 0 Å². The third kappa shape index (κ3) is 2.49. The molecular formula is C19H20. The van der Waals surface area contributed by atoms with Gasteiger partial charge in [0.05, 0.1) is 0 Å². The quantitative estimate of drug-likeness (QED) is 0.619. The van der Waals surface area contributed by atoms with E-state index >= 15 is 0 Å². The molecule has 2 aromatic rings. The van der Waals surface area contributed by atoms with Crippen LogP contribution in [0.25, 0.3) is 10.8 Å². The van der Waals surface area contributed by atoms with Crippen LogP contribution in [0.4, 0.5) is 0 Å². The largest absolute Gasteiger partial charge is 0.0907 e. The Morgan fingerprint density at radius 3 is 2.63 bits per heavy atom. The molecule has 0 unspecified atom stereocenters. The van der Waals surface area contributed by atoms with E-state index in [9.17, 15) is 0 Å². The van der Waals surface area contributed by atoms with E-state index in [0.717, 1.165) is 0 Å². The van der Waals surface area contributed by atoms with Gasteiger partial charge in [0.1, 0.15) is 0 Å². The molecule has 1 atom stereocenters. The Balaban J connectivity index is 2.04. The first kappa shape index (κ1) is 12.2. The van der Waals surface area contributed by atoms with Crippen molar-refractivity contribution in [3.8, 4) is 0 Å². The first-order valence-electron chi connectivity index (χ1n) is 7.19. The fraction of sp³-hybridized carbons (Fsp3) is 0.263. The molecule has 3 rings (SSSR count). The van der Waals surface area contributed by atoms with E-state index in [2.05, 4.69) is 67.6 Å². The highest BCUT2D eigenvalue weighted by Gasteiger charge is 2.16. The molecular weight excluding hydrogens is 228 g/mol. The Hall–Kier alpha value is -1.82. The number of fused-ring (bicyclic) bond motifs is 1. The second-order valence-electron chi connectivity index (χ2n) is 5.28. The van der Waals surface area contributed by atoms with Gasteiger partial charge in [0.25, 0.3) is 0 Å². The summed E-state index contributed by atoms with van der Waals surface area (Å²) in [6.45, 7) is 2.11. The Morgan fingerprint density at radius 1 is 1.05 bits per heavy atom. The standard InChI is InChI=1S/C19H20/c1-2-7-19(16-9-4-5-10-16)18-13-12-15-8-3-6-11-17(15)14-18/h2-3,6-9,11-14,19H,4-5,10H2,1H3/b7-2-/t19-/m0/s1. The van der Waals surface area contributed by atoms with Crippen molar-refractivity contribution in [2.24, 2.45) is 0 Å². The highest BCUT2D eigenvalue weighted by molar-refractivity contribution is 5.83. The van der Waals surface area contributed by atoms with Gasteiger partial charge in [-0.2, -0.15) is 0 Å². The molecule has 1 aliphatic carbocycles. The lowest BCUT2D eigenvalue weighted by atomic mass is 9.89. The van der Waals surface area contributed by atoms with Gasteiger partial charge in [-0.15, -0.1) is 0 Å². The third-order valence-corrected chi connectivity index (χ3v) is 3.99. The molecule has 0 radical (unpaired) electrons. The average Bonchev–Trinajstić information content (AvgIpc) is 2.98. The molecule has 96 valence electrons. The second kappa shape index (κ2) is 5.44. The fourth-order valence-electron chi connectivity index (χ4n) is 3.02. The smallest absolute Gasteiger partial charge is 0.0228 e. The van der Waals surface area contributed by atoms with Gasteiger partial charge >= 0.3 is 0 Å². The summed E-state index contributed by atoms with van der Waals surface area (Å²) in [6.07, 6.45) is 10.8. The Labute approximate surface area is 115 Å². The molecule has 0 saturated carbocycles. The van der Waals surface area contributed by atoms with Crippen LogP contribution in [-0.4, -0.2) is 0 Å². The molecule has 0 aliphatic heterocycles. The number of allylic oxidation sites excluding steroid dienone is 4. The highest BCUT2D eigenvalue weighted by atomic mass is 14.2. The van der Waals surface area contributed by atoms with Crippen LogP contribution in [0, 0.1) is 0 Å². The minimum Gasteiger partial charge on any atom is -0.0907 e. The van der Waals surface area contributed by atoms with E-state index in [1.165, 1.54) is 35.6 Å². The molecule has 0 saturated heterocycles. The van der Waals surface area contributed by atoms with E-state index in [1.54, 1.807) is 5.57 Å². The van der Waals surface area contributed by atoms with Gasteiger partial charge in [0.15, 0.2) is 0 Å². The highest BCUT2D eigenvalue weighted by Crippen LogP contribution is 2.34. The molecule has 19 heavy (non-hydrogen) atoms. The van der Waals surface area contributed by atoms with Crippen LogP contribution in [0.15, 0.2) is 66.3 Å². The van der Waals surface area contributed by atoms with Crippen LogP contribution in [0.5, 0.6) is 0 Å². The van der Waals surface area contributed by atoms with E-state index < -0.39 is 0 Å². The van der Waals surface area contributed by atoms with E-state index in [1.807, 2.05) is 0 Å². The summed E-state index contributed by atoms with van der Waals surface area (Å²) in [5.41, 5.74) is 3.01. The number of benzene rings is 2. The average molecular weight is 248 g/mol. The summed E-state index contributed by atoms with van der Waals surface area (Å²) in [6, 6.07) is 15.5. The van der Waals surface area contributed by atoms with Crippen molar-refractivity contribution >= 4 is 10.8 Å². The minimum atomic E-state index is 0.470. The molecule has 0 nitrogen and oxygen atoms in total. The van der Waals surface area contributed by atoms with Gasteiger partial charge in [-0.05, 0) is 42.5 Å². The predicted molar refractivity (Wildman–Crippen MR) is 83.4 cm³/mol. The van der Waals surface area contributed by atoms with Gasteiger partial charge in [-0.1, -0.05) is 66.3 Å². The summed E-state index contributed by atoms with van der Waals surface area (Å²) in [4.78, 5) is 0. The summed E-state index contributed by atoms with van der Waals surface area (Å²) in [5, 5.41) is 2.67. The Kier molecular flexibility index (Phi) is 3.50. The van der Waals surface area contributed by atoms with Crippen LogP contribution in [0.1, 0.15) is 37.7 Å². The first-order valence-corrected chi connectivity index (χ1v) is 7.19. The van der Waals surface area contributed by atoms with E-state index in [4.69, 9.17) is 0 Å². The van der Waals surface area contributed by atoms with Crippen molar-refractivity contribution in [3.05, 3.63) is 71.8 Å². The molecule has 0 fully saturated rings. The zero-order valence-corrected chi connectivity index (χ0v) is 11.5. The van der Waals surface area contributed by atoms with Crippen LogP contribution in [0.2, 0.25) is 0 Å². The van der Waals surface area contributed by atoms with Crippen LogP contribution in [-0.2, 0) is 0 Å². The normalized spacial score (nSPS) is 17.0. The van der Waals surface area contributed by atoms with Crippen LogP contribution in [0.3, 0.4) is 0 Å². The maximum absolute atomic E-state index is 2.43. The molecule has 0 bridgehead atoms. The third-order valence-electron chi connectivity index (χ3n) is 3.99. The second-order valence-corrected chi connectivity index (χ2v) is 5.28. The number of rotatable bonds is 3. The molecule has 0 aromatic heterocycles. The number of hydrogen-bond acceptors (Lipinski definition) is 0. The summed E-state index contributed by atoms with van der Waals surface area (Å²) >= 11 is 0. The molecule has 0 heterocycles. The number of hydrogen-bond donors (Lipinski definition) is 0. The van der Waals surface area contributed by atoms with Gasteiger partial charge < -0.3 is 0 Å². The molecule has 0 heteroatoms. The van der Waals surface area contributed by atoms with Gasteiger partial charge in [0.2, 0.25) is 0 Å². The van der Waals surface area contributed by atoms with Crippen molar-refractivity contribution in [1.29, 1.82) is 0 Å². The van der Waals surface area contributed by atoms with Gasteiger partial charge in [0, 0.05) is 5.92 Å². The summed E-state index contributed by atoms with van der Waals surface area (Å²) in [5.74, 6) is 0.470. The lowest BCUT2D eigenvalue weighted by molar-refractivity contribution is 0.853. The zero-order chi connectivity index (χ0) is 13.1. The molecule has 2 aromatic carbocycles. The van der Waals surface area contributed by atoms with E-state index in [0.29, 0.717) is 5.92 Å². The van der Waals surface area contributed by atoms with Gasteiger partial charge in [-0.3, -0.25) is 0 Å². The first-order chi connectivity index (χ1) is 9.38. The van der Waals surface area contributed by atoms with Crippen molar-refractivity contribution in [2.45, 2.75) is 32.1 Å². The van der Waals surface area contributed by atoms with Crippen molar-refractivity contribution in [2.75, 3.05) is 0 Å². The summed E-state index contributed by atoms with van der Waals surface area (Å²) in [7, 11) is 0. The fourth-order valence-corrected chi connectivity index (χ4v) is 3.02. The maximum atomic E-state index is 2.43. The van der Waals surface area contributed by atoms with Crippen molar-refractivity contribution in [3.63, 3.8) is 0 Å². The lowest BCUT2D eigenvalue weighted by Gasteiger charge is -2.16. The lowest BCUT2D eigenvalue weighted by Crippen LogP contribution is -1.98. The zero-order valence-electron chi connectivity index (χ0n) is 11.5.